The number of fused-ring (bicyclic) bond motifs is 1. The van der Waals surface area contributed by atoms with E-state index in [2.05, 4.69) is 10.4 Å². The second-order valence-electron chi connectivity index (χ2n) is 8.34. The van der Waals surface area contributed by atoms with E-state index in [1.54, 1.807) is 48.5 Å². The van der Waals surface area contributed by atoms with Crippen LogP contribution < -0.4 is 22.1 Å². The summed E-state index contributed by atoms with van der Waals surface area (Å²) in [6.07, 6.45) is -5.41. The van der Waals surface area contributed by atoms with Gasteiger partial charge in [-0.2, -0.15) is 13.2 Å². The predicted octanol–water partition coefficient (Wildman–Crippen LogP) is 2.17. The largest absolute Gasteiger partial charge is 0.411 e. The Morgan fingerprint density at radius 2 is 1.50 bits per heavy atom. The van der Waals surface area contributed by atoms with Gasteiger partial charge in [-0.3, -0.25) is 29.0 Å². The first-order valence-corrected chi connectivity index (χ1v) is 10.7. The molecule has 1 amide bonds. The van der Waals surface area contributed by atoms with E-state index in [9.17, 15) is 32.3 Å². The van der Waals surface area contributed by atoms with E-state index in [4.69, 9.17) is 0 Å². The molecule has 0 aliphatic carbocycles. The first-order chi connectivity index (χ1) is 17.1. The smallest absolute Gasteiger partial charge is 0.310 e. The Balaban J connectivity index is 1.84. The van der Waals surface area contributed by atoms with Crippen LogP contribution in [0.4, 0.5) is 19.0 Å². The Kier molecular flexibility index (Phi) is 5.12. The maximum Gasteiger partial charge on any atom is 0.411 e. The van der Waals surface area contributed by atoms with Crippen molar-refractivity contribution in [1.29, 1.82) is 0 Å². The second kappa shape index (κ2) is 7.97. The molecule has 5 rings (SSSR count). The van der Waals surface area contributed by atoms with Crippen molar-refractivity contribution in [2.24, 2.45) is 0 Å². The number of anilines is 1. The lowest BCUT2D eigenvalue weighted by Gasteiger charge is -2.28. The molecule has 3 heterocycles. The van der Waals surface area contributed by atoms with Crippen molar-refractivity contribution in [2.75, 3.05) is 5.32 Å². The van der Waals surface area contributed by atoms with Gasteiger partial charge in [0.2, 0.25) is 5.41 Å². The van der Waals surface area contributed by atoms with Crippen LogP contribution in [0.1, 0.15) is 22.4 Å². The molecule has 4 aromatic rings. The fourth-order valence-corrected chi connectivity index (χ4v) is 4.68. The van der Waals surface area contributed by atoms with Gasteiger partial charge in [0, 0.05) is 5.69 Å². The van der Waals surface area contributed by atoms with Crippen LogP contribution in [0.25, 0.3) is 5.69 Å². The number of aromatic nitrogens is 4. The highest BCUT2D eigenvalue weighted by atomic mass is 19.4. The third-order valence-electron chi connectivity index (χ3n) is 6.22. The van der Waals surface area contributed by atoms with E-state index in [-0.39, 0.29) is 17.9 Å². The van der Waals surface area contributed by atoms with Crippen LogP contribution in [0.5, 0.6) is 0 Å². The molecule has 1 unspecified atom stereocenters. The van der Waals surface area contributed by atoms with Gasteiger partial charge in [-0.25, -0.2) is 9.48 Å². The zero-order valence-electron chi connectivity index (χ0n) is 18.6. The molecule has 1 aliphatic heterocycles. The normalized spacial score (nSPS) is 17.2. The number of H-pyrrole nitrogens is 2. The summed E-state index contributed by atoms with van der Waals surface area (Å²) >= 11 is 0. The fraction of sp³-hybridized carbons (Fsp3) is 0.167. The molecule has 12 heteroatoms. The number of nitrogens with one attached hydrogen (secondary N) is 3. The minimum absolute atomic E-state index is 0.229. The molecule has 36 heavy (non-hydrogen) atoms. The van der Waals surface area contributed by atoms with Crippen LogP contribution in [0.2, 0.25) is 0 Å². The third kappa shape index (κ3) is 3.17. The number of nitrogens with zero attached hydrogens (tertiary/aromatic N) is 2. The van der Waals surface area contributed by atoms with Gasteiger partial charge in [0.15, 0.2) is 0 Å². The van der Waals surface area contributed by atoms with Gasteiger partial charge >= 0.3 is 11.9 Å². The van der Waals surface area contributed by atoms with Crippen LogP contribution in [0, 0.1) is 6.92 Å². The second-order valence-corrected chi connectivity index (χ2v) is 8.34. The van der Waals surface area contributed by atoms with Crippen LogP contribution in [-0.2, 0) is 16.8 Å². The van der Waals surface area contributed by atoms with Gasteiger partial charge in [-0.1, -0.05) is 48.5 Å². The zero-order chi connectivity index (χ0) is 25.8. The molecule has 0 bridgehead atoms. The van der Waals surface area contributed by atoms with Gasteiger partial charge in [0.05, 0.1) is 23.4 Å². The van der Waals surface area contributed by atoms with Crippen molar-refractivity contribution in [3.63, 3.8) is 0 Å². The number of aromatic amines is 2. The fourth-order valence-electron chi connectivity index (χ4n) is 4.68. The predicted molar refractivity (Wildman–Crippen MR) is 123 cm³/mol. The Labute approximate surface area is 199 Å². The Morgan fingerprint density at radius 3 is 2.11 bits per heavy atom. The summed E-state index contributed by atoms with van der Waals surface area (Å²) in [5.74, 6) is -2.26. The van der Waals surface area contributed by atoms with E-state index in [0.29, 0.717) is 5.56 Å². The van der Waals surface area contributed by atoms with Gasteiger partial charge < -0.3 is 5.32 Å². The molecule has 2 aromatic carbocycles. The molecule has 3 N–H and O–H groups in total. The van der Waals surface area contributed by atoms with Gasteiger partial charge in [-0.05, 0) is 24.6 Å². The highest BCUT2D eigenvalue weighted by Gasteiger charge is 2.70. The summed E-state index contributed by atoms with van der Waals surface area (Å²) in [6.45, 7) is 0.983. The lowest BCUT2D eigenvalue weighted by atomic mass is 9.75. The molecule has 0 radical (unpaired) electrons. The Morgan fingerprint density at radius 1 is 0.889 bits per heavy atom. The Hall–Kier alpha value is -4.61. The summed E-state index contributed by atoms with van der Waals surface area (Å²) in [4.78, 5) is 54.1. The van der Waals surface area contributed by atoms with Crippen molar-refractivity contribution >= 4 is 11.7 Å². The van der Waals surface area contributed by atoms with Crippen LogP contribution in [-0.4, -0.2) is 31.4 Å². The number of carbonyl (C=O) groups excluding carboxylic acids is 1. The molecule has 0 spiro atoms. The van der Waals surface area contributed by atoms with Gasteiger partial charge in [-0.15, -0.1) is 0 Å². The Bertz CT molecular complexity index is 1670. The number of benzene rings is 2. The molecule has 0 fully saturated rings. The molecule has 9 nitrogen and oxygen atoms in total. The highest BCUT2D eigenvalue weighted by Crippen LogP contribution is 2.51. The zero-order valence-corrected chi connectivity index (χ0v) is 18.6. The summed E-state index contributed by atoms with van der Waals surface area (Å²) in [6, 6.07) is 16.1. The lowest BCUT2D eigenvalue weighted by Crippen LogP contribution is -2.54. The van der Waals surface area contributed by atoms with Gasteiger partial charge in [0.1, 0.15) is 5.82 Å². The topological polar surface area (TPSA) is 122 Å². The lowest BCUT2D eigenvalue weighted by molar-refractivity contribution is -0.181. The first kappa shape index (κ1) is 23.1. The molecule has 184 valence electrons. The number of hydrogen-bond donors (Lipinski definition) is 3. The summed E-state index contributed by atoms with van der Waals surface area (Å²) in [5.41, 5.74) is -8.73. The molecule has 1 atom stereocenters. The summed E-state index contributed by atoms with van der Waals surface area (Å²) in [5, 5.41) is 4.67. The van der Waals surface area contributed by atoms with E-state index in [1.165, 1.54) is 19.1 Å². The number of para-hydroxylation sites is 1. The minimum atomic E-state index is -5.41. The molecule has 0 saturated carbocycles. The number of alkyl halides is 3. The highest BCUT2D eigenvalue weighted by molar-refractivity contribution is 6.08. The summed E-state index contributed by atoms with van der Waals surface area (Å²) < 4.78 is 46.7. The molecular formula is C24H18F3N5O4. The van der Waals surface area contributed by atoms with Crippen LogP contribution in [0.15, 0.2) is 75.0 Å². The summed E-state index contributed by atoms with van der Waals surface area (Å²) in [7, 11) is 0. The number of aryl methyl sites for hydroxylation is 1. The SMILES string of the molecule is Cc1[nH]n(-c2ccccc2)c(=O)c1C1(C(F)(F)F)C(=O)Nc2c1c(=O)[nH]c(=O)n2Cc1ccccc1. The number of rotatable bonds is 4. The molecule has 2 aromatic heterocycles. The molecule has 1 aliphatic rings. The van der Waals surface area contributed by atoms with Crippen molar-refractivity contribution in [3.05, 3.63) is 114 Å². The minimum Gasteiger partial charge on any atom is -0.310 e. The number of carbonyl (C=O) groups is 1. The maximum atomic E-state index is 15.0. The van der Waals surface area contributed by atoms with Crippen molar-refractivity contribution in [3.8, 4) is 5.69 Å². The number of halogens is 3. The maximum absolute atomic E-state index is 15.0. The number of amides is 1. The average Bonchev–Trinajstić information content (AvgIpc) is 3.31. The van der Waals surface area contributed by atoms with E-state index >= 15 is 0 Å². The van der Waals surface area contributed by atoms with E-state index in [1.807, 2.05) is 4.98 Å². The van der Waals surface area contributed by atoms with Crippen LogP contribution >= 0.6 is 0 Å². The monoisotopic (exact) mass is 497 g/mol. The molecular weight excluding hydrogens is 479 g/mol. The number of hydrogen-bond acceptors (Lipinski definition) is 4. The standard InChI is InChI=1S/C24H18F3N5O4/c1-13-16(20(34)32(30-13)15-10-6-3-7-11-15)23(24(25,26)27)17-18(28-21(23)35)31(22(36)29-19(17)33)12-14-8-4-2-5-9-14/h2-11,30H,12H2,1H3,(H,28,35)(H,29,33,36). The average molecular weight is 497 g/mol. The van der Waals surface area contributed by atoms with Crippen molar-refractivity contribution in [1.82, 2.24) is 19.3 Å². The third-order valence-corrected chi connectivity index (χ3v) is 6.22. The molecule has 0 saturated heterocycles. The van der Waals surface area contributed by atoms with Gasteiger partial charge in [0.25, 0.3) is 17.0 Å². The van der Waals surface area contributed by atoms with E-state index in [0.717, 1.165) is 9.25 Å². The van der Waals surface area contributed by atoms with Crippen molar-refractivity contribution < 1.29 is 18.0 Å². The first-order valence-electron chi connectivity index (χ1n) is 10.7. The van der Waals surface area contributed by atoms with E-state index < -0.39 is 51.3 Å². The quantitative estimate of drug-likeness (QED) is 0.400. The van der Waals surface area contributed by atoms with Crippen LogP contribution in [0.3, 0.4) is 0 Å². The van der Waals surface area contributed by atoms with Crippen molar-refractivity contribution in [2.45, 2.75) is 25.1 Å².